The highest BCUT2D eigenvalue weighted by molar-refractivity contribution is 14.0. The van der Waals surface area contributed by atoms with E-state index in [2.05, 4.69) is 45.5 Å². The van der Waals surface area contributed by atoms with Gasteiger partial charge in [-0.15, -0.1) is 24.0 Å². The molecule has 1 aromatic carbocycles. The van der Waals surface area contributed by atoms with Crippen LogP contribution in [0.5, 0.6) is 0 Å². The van der Waals surface area contributed by atoms with E-state index in [1.807, 2.05) is 14.0 Å². The molecular formula is C18H28IN3O2. The second-order valence-electron chi connectivity index (χ2n) is 5.72. The van der Waals surface area contributed by atoms with Gasteiger partial charge < -0.3 is 15.0 Å². The summed E-state index contributed by atoms with van der Waals surface area (Å²) in [6.07, 6.45) is 2.35. The molecule has 2 rings (SSSR count). The Kier molecular flexibility index (Phi) is 9.75. The predicted molar refractivity (Wildman–Crippen MR) is 108 cm³/mol. The Balaban J connectivity index is 0.00000288. The molecule has 1 atom stereocenters. The standard InChI is InChI=1S/C18H27N3O2.HI/c1-3-23-17(22)10-7-12-20-18(19-2)21-13-11-16(14-21)15-8-5-4-6-9-15;/h4-6,8-9,16H,3,7,10-14H2,1-2H3,(H,19,20);1H. The van der Waals surface area contributed by atoms with Crippen molar-refractivity contribution in [1.82, 2.24) is 10.2 Å². The van der Waals surface area contributed by atoms with E-state index in [9.17, 15) is 4.79 Å². The first-order valence-electron chi connectivity index (χ1n) is 8.40. The summed E-state index contributed by atoms with van der Waals surface area (Å²) in [5, 5.41) is 3.35. The highest BCUT2D eigenvalue weighted by atomic mass is 127. The highest BCUT2D eigenvalue weighted by Gasteiger charge is 2.25. The first-order valence-corrected chi connectivity index (χ1v) is 8.40. The number of hydrogen-bond acceptors (Lipinski definition) is 3. The second kappa shape index (κ2) is 11.3. The molecule has 134 valence electrons. The van der Waals surface area contributed by atoms with Gasteiger partial charge in [0, 0.05) is 39.0 Å². The van der Waals surface area contributed by atoms with Crippen LogP contribution < -0.4 is 5.32 Å². The molecule has 1 fully saturated rings. The van der Waals surface area contributed by atoms with Crippen molar-refractivity contribution in [3.8, 4) is 0 Å². The molecule has 5 nitrogen and oxygen atoms in total. The van der Waals surface area contributed by atoms with Gasteiger partial charge >= 0.3 is 5.97 Å². The summed E-state index contributed by atoms with van der Waals surface area (Å²) in [6.45, 7) is 5.01. The second-order valence-corrected chi connectivity index (χ2v) is 5.72. The van der Waals surface area contributed by atoms with Gasteiger partial charge in [0.15, 0.2) is 5.96 Å². The molecule has 1 aliphatic rings. The van der Waals surface area contributed by atoms with E-state index in [0.717, 1.165) is 38.4 Å². The molecule has 1 unspecified atom stereocenters. The van der Waals surface area contributed by atoms with Crippen LogP contribution in [0.1, 0.15) is 37.7 Å². The molecule has 0 spiro atoms. The number of nitrogens with one attached hydrogen (secondary N) is 1. The number of esters is 1. The Morgan fingerprint density at radius 2 is 2.12 bits per heavy atom. The lowest BCUT2D eigenvalue weighted by molar-refractivity contribution is -0.143. The lowest BCUT2D eigenvalue weighted by Gasteiger charge is -2.21. The molecule has 1 N–H and O–H groups in total. The Labute approximate surface area is 161 Å². The van der Waals surface area contributed by atoms with E-state index in [4.69, 9.17) is 4.74 Å². The molecule has 1 aliphatic heterocycles. The van der Waals surface area contributed by atoms with Crippen LogP contribution in [0, 0.1) is 0 Å². The minimum Gasteiger partial charge on any atom is -0.466 e. The first-order chi connectivity index (χ1) is 11.2. The molecule has 1 aromatic rings. The lowest BCUT2D eigenvalue weighted by atomic mass is 9.99. The van der Waals surface area contributed by atoms with Crippen molar-refractivity contribution in [2.45, 2.75) is 32.1 Å². The topological polar surface area (TPSA) is 53.9 Å². The normalized spacial score (nSPS) is 17.3. The van der Waals surface area contributed by atoms with E-state index >= 15 is 0 Å². The third-order valence-corrected chi connectivity index (χ3v) is 4.12. The van der Waals surface area contributed by atoms with E-state index in [0.29, 0.717) is 18.9 Å². The maximum absolute atomic E-state index is 11.3. The highest BCUT2D eigenvalue weighted by Crippen LogP contribution is 2.26. The van der Waals surface area contributed by atoms with Crippen molar-refractivity contribution in [3.63, 3.8) is 0 Å². The number of benzene rings is 1. The number of halogens is 1. The van der Waals surface area contributed by atoms with Crippen LogP contribution in [0.4, 0.5) is 0 Å². The number of hydrogen-bond donors (Lipinski definition) is 1. The van der Waals surface area contributed by atoms with E-state index < -0.39 is 0 Å². The van der Waals surface area contributed by atoms with Crippen molar-refractivity contribution in [2.75, 3.05) is 33.3 Å². The number of aliphatic imine (C=N–C) groups is 1. The van der Waals surface area contributed by atoms with Crippen molar-refractivity contribution in [1.29, 1.82) is 0 Å². The van der Waals surface area contributed by atoms with Crippen LogP contribution in [-0.2, 0) is 9.53 Å². The van der Waals surface area contributed by atoms with E-state index in [1.165, 1.54) is 5.56 Å². The Morgan fingerprint density at radius 3 is 2.79 bits per heavy atom. The molecule has 24 heavy (non-hydrogen) atoms. The quantitative estimate of drug-likeness (QED) is 0.241. The Hall–Kier alpha value is -1.31. The number of carbonyl (C=O) groups excluding carboxylic acids is 1. The smallest absolute Gasteiger partial charge is 0.305 e. The fourth-order valence-electron chi connectivity index (χ4n) is 2.95. The molecule has 0 aromatic heterocycles. The number of nitrogens with zero attached hydrogens (tertiary/aromatic N) is 2. The fourth-order valence-corrected chi connectivity index (χ4v) is 2.95. The fraction of sp³-hybridized carbons (Fsp3) is 0.556. The van der Waals surface area contributed by atoms with Crippen LogP contribution in [0.15, 0.2) is 35.3 Å². The summed E-state index contributed by atoms with van der Waals surface area (Å²) in [5.74, 6) is 1.36. The van der Waals surface area contributed by atoms with Gasteiger partial charge in [0.2, 0.25) is 0 Å². The lowest BCUT2D eigenvalue weighted by Crippen LogP contribution is -2.40. The van der Waals surface area contributed by atoms with Gasteiger partial charge in [0.05, 0.1) is 6.61 Å². The third-order valence-electron chi connectivity index (χ3n) is 4.12. The van der Waals surface area contributed by atoms with E-state index in [1.54, 1.807) is 0 Å². The van der Waals surface area contributed by atoms with Gasteiger partial charge in [-0.05, 0) is 25.3 Å². The molecule has 0 bridgehead atoms. The maximum Gasteiger partial charge on any atom is 0.305 e. The molecule has 0 amide bonds. The van der Waals surface area contributed by atoms with Gasteiger partial charge in [-0.2, -0.15) is 0 Å². The van der Waals surface area contributed by atoms with Gasteiger partial charge in [0.25, 0.3) is 0 Å². The van der Waals surface area contributed by atoms with Crippen molar-refractivity contribution < 1.29 is 9.53 Å². The van der Waals surface area contributed by atoms with Crippen LogP contribution >= 0.6 is 24.0 Å². The van der Waals surface area contributed by atoms with Crippen LogP contribution in [0.25, 0.3) is 0 Å². The van der Waals surface area contributed by atoms with Gasteiger partial charge in [-0.25, -0.2) is 0 Å². The van der Waals surface area contributed by atoms with Crippen molar-refractivity contribution in [2.24, 2.45) is 4.99 Å². The predicted octanol–water partition coefficient (Wildman–Crippen LogP) is 3.01. The Bertz CT molecular complexity index is 522. The SMILES string of the molecule is CCOC(=O)CCCNC(=NC)N1CCC(c2ccccc2)C1.I. The molecule has 1 saturated heterocycles. The molecule has 6 heteroatoms. The van der Waals surface area contributed by atoms with Crippen LogP contribution in [0.2, 0.25) is 0 Å². The average Bonchev–Trinajstić information content (AvgIpc) is 3.06. The Morgan fingerprint density at radius 1 is 1.38 bits per heavy atom. The summed E-state index contributed by atoms with van der Waals surface area (Å²) in [4.78, 5) is 18.0. The number of likely N-dealkylation sites (tertiary alicyclic amines) is 1. The summed E-state index contributed by atoms with van der Waals surface area (Å²) in [6, 6.07) is 10.6. The average molecular weight is 445 g/mol. The molecular weight excluding hydrogens is 417 g/mol. The zero-order valence-corrected chi connectivity index (χ0v) is 16.9. The molecule has 1 heterocycles. The van der Waals surface area contributed by atoms with Gasteiger partial charge in [-0.3, -0.25) is 9.79 Å². The van der Waals surface area contributed by atoms with Crippen LogP contribution in [-0.4, -0.2) is 50.1 Å². The van der Waals surface area contributed by atoms with Gasteiger partial charge in [0.1, 0.15) is 0 Å². The monoisotopic (exact) mass is 445 g/mol. The first kappa shape index (κ1) is 20.7. The molecule has 0 saturated carbocycles. The largest absolute Gasteiger partial charge is 0.466 e. The summed E-state index contributed by atoms with van der Waals surface area (Å²) < 4.78 is 4.93. The number of carbonyl (C=O) groups is 1. The number of ether oxygens (including phenoxy) is 1. The molecule has 0 aliphatic carbocycles. The summed E-state index contributed by atoms with van der Waals surface area (Å²) in [5.41, 5.74) is 1.40. The van der Waals surface area contributed by atoms with Crippen molar-refractivity contribution >= 4 is 35.9 Å². The number of rotatable bonds is 6. The zero-order chi connectivity index (χ0) is 16.5. The van der Waals surface area contributed by atoms with Crippen LogP contribution in [0.3, 0.4) is 0 Å². The number of guanidine groups is 1. The molecule has 0 radical (unpaired) electrons. The summed E-state index contributed by atoms with van der Waals surface area (Å²) in [7, 11) is 1.81. The maximum atomic E-state index is 11.3. The van der Waals surface area contributed by atoms with Gasteiger partial charge in [-0.1, -0.05) is 30.3 Å². The van der Waals surface area contributed by atoms with Crippen molar-refractivity contribution in [3.05, 3.63) is 35.9 Å². The summed E-state index contributed by atoms with van der Waals surface area (Å²) >= 11 is 0. The minimum atomic E-state index is -0.130. The third kappa shape index (κ3) is 6.30. The minimum absolute atomic E-state index is 0. The zero-order valence-electron chi connectivity index (χ0n) is 14.5. The van der Waals surface area contributed by atoms with E-state index in [-0.39, 0.29) is 29.9 Å².